The van der Waals surface area contributed by atoms with Crippen LogP contribution in [0.4, 0.5) is 0 Å². The summed E-state index contributed by atoms with van der Waals surface area (Å²) in [5.74, 6) is -0.0393. The molecule has 0 saturated heterocycles. The van der Waals surface area contributed by atoms with E-state index in [1.165, 1.54) is 0 Å². The standard InChI is InChI=1S/C12H11N3O/c16-12-11-9(6-7-13-12)8-14-15(11)10-4-2-1-3-5-10/h1-5,8H,6-7H2,(H,13,16). The van der Waals surface area contributed by atoms with Crippen molar-refractivity contribution in [3.63, 3.8) is 0 Å². The molecule has 0 fully saturated rings. The molecule has 4 nitrogen and oxygen atoms in total. The molecule has 0 spiro atoms. The molecule has 1 aliphatic heterocycles. The maximum atomic E-state index is 11.8. The third kappa shape index (κ3) is 1.31. The van der Waals surface area contributed by atoms with E-state index in [4.69, 9.17) is 0 Å². The molecule has 80 valence electrons. The van der Waals surface area contributed by atoms with E-state index in [9.17, 15) is 4.79 Å². The second-order valence-corrected chi connectivity index (χ2v) is 3.77. The molecule has 1 aliphatic rings. The number of nitrogens with one attached hydrogen (secondary N) is 1. The predicted octanol–water partition coefficient (Wildman–Crippen LogP) is 1.16. The van der Waals surface area contributed by atoms with Crippen LogP contribution in [0.2, 0.25) is 0 Å². The number of amides is 1. The Labute approximate surface area is 92.9 Å². The predicted molar refractivity (Wildman–Crippen MR) is 59.6 cm³/mol. The van der Waals surface area contributed by atoms with Crippen molar-refractivity contribution in [3.8, 4) is 5.69 Å². The summed E-state index contributed by atoms with van der Waals surface area (Å²) < 4.78 is 1.70. The van der Waals surface area contributed by atoms with Crippen LogP contribution in [0.15, 0.2) is 36.5 Å². The fourth-order valence-corrected chi connectivity index (χ4v) is 1.97. The van der Waals surface area contributed by atoms with Gasteiger partial charge in [-0.3, -0.25) is 4.79 Å². The molecule has 2 heterocycles. The van der Waals surface area contributed by atoms with Crippen molar-refractivity contribution in [3.05, 3.63) is 47.8 Å². The minimum atomic E-state index is -0.0393. The fourth-order valence-electron chi connectivity index (χ4n) is 1.97. The van der Waals surface area contributed by atoms with Crippen LogP contribution in [0, 0.1) is 0 Å². The zero-order valence-corrected chi connectivity index (χ0v) is 8.68. The molecule has 0 saturated carbocycles. The molecule has 1 aromatic heterocycles. The summed E-state index contributed by atoms with van der Waals surface area (Å²) in [6.07, 6.45) is 2.63. The first kappa shape index (κ1) is 9.15. The van der Waals surface area contributed by atoms with E-state index in [2.05, 4.69) is 10.4 Å². The normalized spacial score (nSPS) is 14.4. The number of benzene rings is 1. The van der Waals surface area contributed by atoms with Crippen molar-refractivity contribution in [2.75, 3.05) is 6.54 Å². The smallest absolute Gasteiger partial charge is 0.270 e. The van der Waals surface area contributed by atoms with Gasteiger partial charge in [0.1, 0.15) is 5.69 Å². The molecule has 3 rings (SSSR count). The highest BCUT2D eigenvalue weighted by Crippen LogP contribution is 2.17. The quantitative estimate of drug-likeness (QED) is 0.772. The fraction of sp³-hybridized carbons (Fsp3) is 0.167. The number of carbonyl (C=O) groups excluding carboxylic acids is 1. The van der Waals surface area contributed by atoms with Crippen molar-refractivity contribution in [2.45, 2.75) is 6.42 Å². The highest BCUT2D eigenvalue weighted by molar-refractivity contribution is 5.95. The highest BCUT2D eigenvalue weighted by atomic mass is 16.2. The van der Waals surface area contributed by atoms with E-state index in [1.807, 2.05) is 30.3 Å². The second kappa shape index (κ2) is 3.48. The topological polar surface area (TPSA) is 46.9 Å². The zero-order chi connectivity index (χ0) is 11.0. The van der Waals surface area contributed by atoms with Gasteiger partial charge in [0.25, 0.3) is 5.91 Å². The van der Waals surface area contributed by atoms with Crippen molar-refractivity contribution in [2.24, 2.45) is 0 Å². The average molecular weight is 213 g/mol. The Bertz CT molecular complexity index is 530. The maximum Gasteiger partial charge on any atom is 0.270 e. The van der Waals surface area contributed by atoms with Gasteiger partial charge < -0.3 is 5.32 Å². The van der Waals surface area contributed by atoms with Crippen LogP contribution >= 0.6 is 0 Å². The van der Waals surface area contributed by atoms with Gasteiger partial charge in [0.05, 0.1) is 11.9 Å². The van der Waals surface area contributed by atoms with Crippen LogP contribution in [0.3, 0.4) is 0 Å². The van der Waals surface area contributed by atoms with Crippen LogP contribution in [-0.2, 0) is 6.42 Å². The Morgan fingerprint density at radius 2 is 2.06 bits per heavy atom. The lowest BCUT2D eigenvalue weighted by Crippen LogP contribution is -2.33. The van der Waals surface area contributed by atoms with Gasteiger partial charge in [-0.25, -0.2) is 4.68 Å². The largest absolute Gasteiger partial charge is 0.350 e. The number of rotatable bonds is 1. The van der Waals surface area contributed by atoms with E-state index in [0.717, 1.165) is 17.7 Å². The molecule has 16 heavy (non-hydrogen) atoms. The van der Waals surface area contributed by atoms with E-state index >= 15 is 0 Å². The van der Waals surface area contributed by atoms with Gasteiger partial charge in [-0.05, 0) is 18.6 Å². The molecule has 1 amide bonds. The van der Waals surface area contributed by atoms with Crippen molar-refractivity contribution < 1.29 is 4.79 Å². The van der Waals surface area contributed by atoms with Gasteiger partial charge >= 0.3 is 0 Å². The van der Waals surface area contributed by atoms with Gasteiger partial charge in [0.15, 0.2) is 0 Å². The molecule has 1 N–H and O–H groups in total. The van der Waals surface area contributed by atoms with Crippen molar-refractivity contribution in [1.82, 2.24) is 15.1 Å². The number of para-hydroxylation sites is 1. The van der Waals surface area contributed by atoms with Gasteiger partial charge in [-0.1, -0.05) is 18.2 Å². The van der Waals surface area contributed by atoms with E-state index in [0.29, 0.717) is 12.2 Å². The van der Waals surface area contributed by atoms with Crippen LogP contribution in [0.1, 0.15) is 16.1 Å². The first-order valence-corrected chi connectivity index (χ1v) is 5.27. The summed E-state index contributed by atoms with van der Waals surface area (Å²) in [5.41, 5.74) is 2.60. The molecule has 1 aromatic carbocycles. The van der Waals surface area contributed by atoms with E-state index < -0.39 is 0 Å². The Morgan fingerprint density at radius 3 is 2.88 bits per heavy atom. The maximum absolute atomic E-state index is 11.8. The SMILES string of the molecule is O=C1NCCc2cnn(-c3ccccc3)c21. The number of hydrogen-bond acceptors (Lipinski definition) is 2. The number of hydrogen-bond donors (Lipinski definition) is 1. The Morgan fingerprint density at radius 1 is 1.25 bits per heavy atom. The minimum absolute atomic E-state index is 0.0393. The lowest BCUT2D eigenvalue weighted by atomic mass is 10.1. The summed E-state index contributed by atoms with van der Waals surface area (Å²) in [7, 11) is 0. The van der Waals surface area contributed by atoms with Gasteiger partial charge in [-0.15, -0.1) is 0 Å². The van der Waals surface area contributed by atoms with Gasteiger partial charge in [0, 0.05) is 12.1 Å². The lowest BCUT2D eigenvalue weighted by molar-refractivity contribution is 0.0938. The number of aromatic nitrogens is 2. The summed E-state index contributed by atoms with van der Waals surface area (Å²) in [6.45, 7) is 0.701. The highest BCUT2D eigenvalue weighted by Gasteiger charge is 2.22. The molecule has 2 aromatic rings. The van der Waals surface area contributed by atoms with Crippen LogP contribution in [0.25, 0.3) is 5.69 Å². The summed E-state index contributed by atoms with van der Waals surface area (Å²) in [6, 6.07) is 9.69. The zero-order valence-electron chi connectivity index (χ0n) is 8.68. The Balaban J connectivity index is 2.16. The molecule has 0 atom stereocenters. The lowest BCUT2D eigenvalue weighted by Gasteiger charge is -2.14. The second-order valence-electron chi connectivity index (χ2n) is 3.77. The summed E-state index contributed by atoms with van der Waals surface area (Å²) in [5, 5.41) is 7.11. The third-order valence-electron chi connectivity index (χ3n) is 2.74. The van der Waals surface area contributed by atoms with Crippen molar-refractivity contribution in [1.29, 1.82) is 0 Å². The van der Waals surface area contributed by atoms with Gasteiger partial charge in [-0.2, -0.15) is 5.10 Å². The molecule has 4 heteroatoms. The van der Waals surface area contributed by atoms with E-state index in [-0.39, 0.29) is 5.91 Å². The minimum Gasteiger partial charge on any atom is -0.350 e. The molecule has 0 aliphatic carbocycles. The van der Waals surface area contributed by atoms with Gasteiger partial charge in [0.2, 0.25) is 0 Å². The number of carbonyl (C=O) groups is 1. The average Bonchev–Trinajstić information content (AvgIpc) is 2.75. The summed E-state index contributed by atoms with van der Waals surface area (Å²) in [4.78, 5) is 11.8. The van der Waals surface area contributed by atoms with Crippen LogP contribution in [-0.4, -0.2) is 22.2 Å². The molecular formula is C12H11N3O. The molecule has 0 unspecified atom stereocenters. The Hall–Kier alpha value is -2.10. The van der Waals surface area contributed by atoms with Crippen LogP contribution in [0.5, 0.6) is 0 Å². The first-order chi connectivity index (χ1) is 7.86. The Kier molecular flexibility index (Phi) is 1.99. The van der Waals surface area contributed by atoms with Crippen molar-refractivity contribution >= 4 is 5.91 Å². The molecule has 0 bridgehead atoms. The number of fused-ring (bicyclic) bond motifs is 1. The number of nitrogens with zero attached hydrogens (tertiary/aromatic N) is 2. The molecular weight excluding hydrogens is 202 g/mol. The van der Waals surface area contributed by atoms with Crippen LogP contribution < -0.4 is 5.32 Å². The first-order valence-electron chi connectivity index (χ1n) is 5.27. The molecule has 0 radical (unpaired) electrons. The third-order valence-corrected chi connectivity index (χ3v) is 2.74. The van der Waals surface area contributed by atoms with E-state index in [1.54, 1.807) is 10.9 Å². The monoisotopic (exact) mass is 213 g/mol. The summed E-state index contributed by atoms with van der Waals surface area (Å²) >= 11 is 0.